The molecule has 3 N–H and O–H groups in total. The number of hydrogen-bond acceptors (Lipinski definition) is 3. The van der Waals surface area contributed by atoms with Crippen LogP contribution in [-0.2, 0) is 6.54 Å². The van der Waals surface area contributed by atoms with E-state index in [4.69, 9.17) is 5.11 Å². The van der Waals surface area contributed by atoms with E-state index in [2.05, 4.69) is 10.2 Å². The molecule has 0 aliphatic rings. The number of aromatic amines is 2. The molecule has 0 aliphatic heterocycles. The van der Waals surface area contributed by atoms with Crippen molar-refractivity contribution >= 4 is 0 Å². The number of aromatic nitrogens is 3. The van der Waals surface area contributed by atoms with Gasteiger partial charge < -0.3 is 5.11 Å². The number of aliphatic hydroxyl groups excluding tert-OH is 1. The first kappa shape index (κ1) is 10.8. The molecule has 1 aromatic rings. The number of nitrogens with zero attached hydrogens (tertiary/aromatic N) is 1. The maximum Gasteiger partial charge on any atom is 0.344 e. The SMILES string of the molecule is CCC(CCO)Cn1c(=O)[nH][nH]c1=O. The third kappa shape index (κ3) is 2.35. The molecule has 0 amide bonds. The summed E-state index contributed by atoms with van der Waals surface area (Å²) >= 11 is 0. The van der Waals surface area contributed by atoms with Crippen LogP contribution in [0.3, 0.4) is 0 Å². The van der Waals surface area contributed by atoms with Crippen LogP contribution >= 0.6 is 0 Å². The Morgan fingerprint density at radius 1 is 1.36 bits per heavy atom. The first-order valence-corrected chi connectivity index (χ1v) is 4.67. The molecule has 0 saturated heterocycles. The Labute approximate surface area is 80.6 Å². The summed E-state index contributed by atoms with van der Waals surface area (Å²) in [7, 11) is 0. The molecular weight excluding hydrogens is 186 g/mol. The zero-order valence-corrected chi connectivity index (χ0v) is 8.12. The monoisotopic (exact) mass is 201 g/mol. The molecule has 14 heavy (non-hydrogen) atoms. The smallest absolute Gasteiger partial charge is 0.344 e. The normalized spacial score (nSPS) is 13.0. The molecule has 1 aromatic heterocycles. The van der Waals surface area contributed by atoms with Gasteiger partial charge in [0.15, 0.2) is 0 Å². The summed E-state index contributed by atoms with van der Waals surface area (Å²) in [5.41, 5.74) is -0.849. The molecular formula is C8H15N3O3. The first-order valence-electron chi connectivity index (χ1n) is 4.67. The molecule has 80 valence electrons. The summed E-state index contributed by atoms with van der Waals surface area (Å²) in [4.78, 5) is 22.2. The molecule has 0 saturated carbocycles. The van der Waals surface area contributed by atoms with Crippen LogP contribution in [0.4, 0.5) is 0 Å². The topological polar surface area (TPSA) is 90.9 Å². The molecule has 0 fully saturated rings. The molecule has 6 heteroatoms. The predicted molar refractivity (Wildman–Crippen MR) is 51.2 cm³/mol. The lowest BCUT2D eigenvalue weighted by atomic mass is 10.0. The molecule has 6 nitrogen and oxygen atoms in total. The van der Waals surface area contributed by atoms with Gasteiger partial charge in [0.2, 0.25) is 0 Å². The molecule has 1 unspecified atom stereocenters. The number of H-pyrrole nitrogens is 2. The quantitative estimate of drug-likeness (QED) is 0.586. The molecule has 0 radical (unpaired) electrons. The highest BCUT2D eigenvalue weighted by Crippen LogP contribution is 2.08. The minimum atomic E-state index is -0.425. The molecule has 0 aromatic carbocycles. The minimum absolute atomic E-state index is 0.0790. The number of rotatable bonds is 5. The molecule has 0 bridgehead atoms. The van der Waals surface area contributed by atoms with Crippen molar-refractivity contribution in [1.82, 2.24) is 14.8 Å². The second-order valence-electron chi connectivity index (χ2n) is 3.26. The van der Waals surface area contributed by atoms with E-state index in [-0.39, 0.29) is 12.5 Å². The van der Waals surface area contributed by atoms with Gasteiger partial charge in [-0.2, -0.15) is 0 Å². The van der Waals surface area contributed by atoms with Crippen molar-refractivity contribution in [2.75, 3.05) is 6.61 Å². The van der Waals surface area contributed by atoms with Gasteiger partial charge in [-0.15, -0.1) is 0 Å². The van der Waals surface area contributed by atoms with Crippen LogP contribution in [-0.4, -0.2) is 26.5 Å². The van der Waals surface area contributed by atoms with Crippen LogP contribution in [0.25, 0.3) is 0 Å². The van der Waals surface area contributed by atoms with Crippen molar-refractivity contribution in [3.05, 3.63) is 21.0 Å². The van der Waals surface area contributed by atoms with Crippen LogP contribution in [0.5, 0.6) is 0 Å². The molecule has 1 heterocycles. The zero-order chi connectivity index (χ0) is 10.6. The van der Waals surface area contributed by atoms with Crippen LogP contribution < -0.4 is 11.4 Å². The molecule has 1 rings (SSSR count). The lowest BCUT2D eigenvalue weighted by molar-refractivity contribution is 0.242. The summed E-state index contributed by atoms with van der Waals surface area (Å²) < 4.78 is 1.11. The Morgan fingerprint density at radius 3 is 2.36 bits per heavy atom. The number of aliphatic hydroxyl groups is 1. The molecule has 1 atom stereocenters. The molecule has 0 spiro atoms. The summed E-state index contributed by atoms with van der Waals surface area (Å²) in [6.07, 6.45) is 1.44. The highest BCUT2D eigenvalue weighted by molar-refractivity contribution is 4.68. The van der Waals surface area contributed by atoms with Gasteiger partial charge in [0.25, 0.3) is 0 Å². The van der Waals surface area contributed by atoms with Crippen molar-refractivity contribution in [2.24, 2.45) is 5.92 Å². The van der Waals surface area contributed by atoms with Crippen molar-refractivity contribution in [3.8, 4) is 0 Å². The van der Waals surface area contributed by atoms with Crippen molar-refractivity contribution in [1.29, 1.82) is 0 Å². The third-order valence-electron chi connectivity index (χ3n) is 2.32. The molecule has 0 aliphatic carbocycles. The average Bonchev–Trinajstić information content (AvgIpc) is 2.48. The van der Waals surface area contributed by atoms with E-state index in [9.17, 15) is 9.59 Å². The summed E-state index contributed by atoms with van der Waals surface area (Å²) in [6.45, 7) is 2.40. The van der Waals surface area contributed by atoms with Gasteiger partial charge in [-0.1, -0.05) is 13.3 Å². The van der Waals surface area contributed by atoms with Gasteiger partial charge >= 0.3 is 11.4 Å². The Morgan fingerprint density at radius 2 is 1.93 bits per heavy atom. The maximum atomic E-state index is 11.1. The Balaban J connectivity index is 2.76. The van der Waals surface area contributed by atoms with Gasteiger partial charge in [-0.25, -0.2) is 24.4 Å². The standard InChI is InChI=1S/C8H15N3O3/c1-2-6(3-4-12)5-11-7(13)9-10-8(11)14/h6,12H,2-5H2,1H3,(H,9,13)(H,10,14). The number of hydrogen-bond donors (Lipinski definition) is 3. The summed E-state index contributed by atoms with van der Waals surface area (Å²) in [5, 5.41) is 13.2. The minimum Gasteiger partial charge on any atom is -0.396 e. The van der Waals surface area contributed by atoms with Gasteiger partial charge in [0, 0.05) is 13.2 Å². The Hall–Kier alpha value is -1.30. The largest absolute Gasteiger partial charge is 0.396 e. The van der Waals surface area contributed by atoms with Gasteiger partial charge in [0.05, 0.1) is 0 Å². The van der Waals surface area contributed by atoms with Crippen LogP contribution in [0.1, 0.15) is 19.8 Å². The second kappa shape index (κ2) is 4.80. The van der Waals surface area contributed by atoms with Crippen molar-refractivity contribution < 1.29 is 5.11 Å². The van der Waals surface area contributed by atoms with Crippen LogP contribution in [0, 0.1) is 5.92 Å². The van der Waals surface area contributed by atoms with E-state index in [1.54, 1.807) is 0 Å². The van der Waals surface area contributed by atoms with Crippen LogP contribution in [0.2, 0.25) is 0 Å². The fourth-order valence-corrected chi connectivity index (χ4v) is 1.37. The zero-order valence-electron chi connectivity index (χ0n) is 8.12. The lowest BCUT2D eigenvalue weighted by Crippen LogP contribution is -2.30. The highest BCUT2D eigenvalue weighted by Gasteiger charge is 2.10. The van der Waals surface area contributed by atoms with E-state index < -0.39 is 11.4 Å². The Bertz CT molecular complexity index is 348. The Kier molecular flexibility index (Phi) is 3.70. The third-order valence-corrected chi connectivity index (χ3v) is 2.32. The first-order chi connectivity index (χ1) is 6.69. The van der Waals surface area contributed by atoms with Crippen LogP contribution in [0.15, 0.2) is 9.59 Å². The fourth-order valence-electron chi connectivity index (χ4n) is 1.37. The van der Waals surface area contributed by atoms with E-state index >= 15 is 0 Å². The van der Waals surface area contributed by atoms with E-state index in [1.807, 2.05) is 6.92 Å². The fraction of sp³-hybridized carbons (Fsp3) is 0.750. The summed E-state index contributed by atoms with van der Waals surface area (Å²) in [5.74, 6) is 0.162. The van der Waals surface area contributed by atoms with Gasteiger partial charge in [0.1, 0.15) is 0 Å². The maximum absolute atomic E-state index is 11.1. The van der Waals surface area contributed by atoms with Gasteiger partial charge in [-0.3, -0.25) is 0 Å². The summed E-state index contributed by atoms with van der Waals surface area (Å²) in [6, 6.07) is 0. The van der Waals surface area contributed by atoms with Crippen molar-refractivity contribution in [3.63, 3.8) is 0 Å². The predicted octanol–water partition coefficient (Wildman–Crippen LogP) is -0.727. The van der Waals surface area contributed by atoms with E-state index in [0.29, 0.717) is 13.0 Å². The number of nitrogens with one attached hydrogen (secondary N) is 2. The lowest BCUT2D eigenvalue weighted by Gasteiger charge is -2.11. The average molecular weight is 201 g/mol. The highest BCUT2D eigenvalue weighted by atomic mass is 16.3. The second-order valence-corrected chi connectivity index (χ2v) is 3.26. The van der Waals surface area contributed by atoms with Gasteiger partial charge in [-0.05, 0) is 12.3 Å². The van der Waals surface area contributed by atoms with E-state index in [1.165, 1.54) is 0 Å². The van der Waals surface area contributed by atoms with E-state index in [0.717, 1.165) is 11.0 Å². The van der Waals surface area contributed by atoms with Crippen molar-refractivity contribution in [2.45, 2.75) is 26.3 Å².